The summed E-state index contributed by atoms with van der Waals surface area (Å²) in [6.07, 6.45) is 4.12. The van der Waals surface area contributed by atoms with E-state index in [1.165, 1.54) is 12.8 Å². The molecule has 1 aliphatic heterocycles. The molecule has 1 N–H and O–H groups in total. The molecule has 1 aliphatic rings. The van der Waals surface area contributed by atoms with Gasteiger partial charge in [0, 0.05) is 19.0 Å². The predicted molar refractivity (Wildman–Crippen MR) is 47.2 cm³/mol. The van der Waals surface area contributed by atoms with Gasteiger partial charge < -0.3 is 10.1 Å². The average Bonchev–Trinajstić information content (AvgIpc) is 2.50. The van der Waals surface area contributed by atoms with Gasteiger partial charge in [-0.3, -0.25) is 0 Å². The topological polar surface area (TPSA) is 21.3 Å². The molecule has 2 nitrogen and oxygen atoms in total. The Labute approximate surface area is 73.3 Å². The first-order chi connectivity index (χ1) is 5.43. The Bertz CT molecular complexity index is 94.1. The highest BCUT2D eigenvalue weighted by atomic mass is 35.5. The van der Waals surface area contributed by atoms with Crippen molar-refractivity contribution in [1.29, 1.82) is 0 Å². The van der Waals surface area contributed by atoms with Crippen molar-refractivity contribution in [3.05, 3.63) is 0 Å². The summed E-state index contributed by atoms with van der Waals surface area (Å²) in [4.78, 5) is 0. The van der Waals surface area contributed by atoms with Gasteiger partial charge in [-0.1, -0.05) is 0 Å². The van der Waals surface area contributed by atoms with E-state index in [0.29, 0.717) is 12.0 Å². The lowest BCUT2D eigenvalue weighted by atomic mass is 10.2. The van der Waals surface area contributed by atoms with Gasteiger partial charge in [0.1, 0.15) is 0 Å². The molecule has 1 heterocycles. The number of halogens is 1. The summed E-state index contributed by atoms with van der Waals surface area (Å²) in [5.41, 5.74) is 0. The van der Waals surface area contributed by atoms with Crippen LogP contribution in [0.25, 0.3) is 0 Å². The molecule has 0 aromatic carbocycles. The maximum atomic E-state index is 5.50. The highest BCUT2D eigenvalue weighted by molar-refractivity contribution is 6.18. The van der Waals surface area contributed by atoms with Crippen LogP contribution < -0.4 is 5.32 Å². The predicted octanol–water partition coefficient (Wildman–Crippen LogP) is 1.38. The van der Waals surface area contributed by atoms with E-state index in [4.69, 9.17) is 16.3 Å². The highest BCUT2D eigenvalue weighted by Gasteiger charge is 2.13. The third-order valence-corrected chi connectivity index (χ3v) is 2.13. The molecular weight excluding hydrogens is 162 g/mol. The Balaban J connectivity index is 1.86. The molecule has 0 aliphatic carbocycles. The van der Waals surface area contributed by atoms with E-state index in [1.807, 2.05) is 0 Å². The van der Waals surface area contributed by atoms with E-state index >= 15 is 0 Å². The van der Waals surface area contributed by atoms with Gasteiger partial charge in [-0.15, -0.1) is 11.6 Å². The molecule has 1 unspecified atom stereocenters. The summed E-state index contributed by atoms with van der Waals surface area (Å²) >= 11 is 5.50. The van der Waals surface area contributed by atoms with Gasteiger partial charge in [0.05, 0.1) is 6.10 Å². The summed E-state index contributed by atoms with van der Waals surface area (Å²) in [6.45, 7) is 2.91. The second kappa shape index (κ2) is 5.81. The van der Waals surface area contributed by atoms with Crippen LogP contribution in [-0.2, 0) is 4.74 Å². The number of hydrogen-bond donors (Lipinski definition) is 1. The van der Waals surface area contributed by atoms with E-state index in [1.54, 1.807) is 0 Å². The Morgan fingerprint density at radius 1 is 1.45 bits per heavy atom. The van der Waals surface area contributed by atoms with Gasteiger partial charge in [0.2, 0.25) is 0 Å². The van der Waals surface area contributed by atoms with E-state index < -0.39 is 0 Å². The summed E-state index contributed by atoms with van der Waals surface area (Å²) in [7, 11) is 0. The number of nitrogens with one attached hydrogen (secondary N) is 1. The van der Waals surface area contributed by atoms with Crippen LogP contribution in [0.2, 0.25) is 0 Å². The Morgan fingerprint density at radius 2 is 2.36 bits per heavy atom. The molecule has 0 aromatic rings. The second-order valence-corrected chi connectivity index (χ2v) is 3.24. The first-order valence-corrected chi connectivity index (χ1v) is 4.85. The van der Waals surface area contributed by atoms with Gasteiger partial charge >= 0.3 is 0 Å². The molecule has 0 saturated carbocycles. The maximum Gasteiger partial charge on any atom is 0.0588 e. The fourth-order valence-corrected chi connectivity index (χ4v) is 1.46. The summed E-state index contributed by atoms with van der Waals surface area (Å²) in [5.74, 6) is 0.700. The Hall–Kier alpha value is 0.210. The summed E-state index contributed by atoms with van der Waals surface area (Å²) in [5, 5.41) is 3.25. The van der Waals surface area contributed by atoms with Crippen molar-refractivity contribution in [2.24, 2.45) is 0 Å². The molecule has 0 aromatic heterocycles. The van der Waals surface area contributed by atoms with Crippen molar-refractivity contribution in [1.82, 2.24) is 5.32 Å². The molecule has 11 heavy (non-hydrogen) atoms. The normalized spacial score (nSPS) is 24.3. The highest BCUT2D eigenvalue weighted by Crippen LogP contribution is 2.14. The van der Waals surface area contributed by atoms with Gasteiger partial charge in [-0.2, -0.15) is 0 Å². The lowest BCUT2D eigenvalue weighted by Crippen LogP contribution is -2.21. The van der Waals surface area contributed by atoms with Gasteiger partial charge in [-0.25, -0.2) is 0 Å². The van der Waals surface area contributed by atoms with Crippen molar-refractivity contribution in [3.63, 3.8) is 0 Å². The molecule has 0 radical (unpaired) electrons. The maximum absolute atomic E-state index is 5.50. The van der Waals surface area contributed by atoms with Crippen LogP contribution in [0, 0.1) is 0 Å². The minimum absolute atomic E-state index is 0.512. The van der Waals surface area contributed by atoms with Crippen LogP contribution in [0.15, 0.2) is 0 Å². The Morgan fingerprint density at radius 3 is 3.00 bits per heavy atom. The minimum atomic E-state index is 0.512. The number of alkyl halides is 1. The van der Waals surface area contributed by atoms with Crippen molar-refractivity contribution in [2.45, 2.75) is 25.4 Å². The molecule has 1 saturated heterocycles. The lowest BCUT2D eigenvalue weighted by Gasteiger charge is -2.08. The molecule has 1 rings (SSSR count). The Kier molecular flexibility index (Phi) is 4.91. The van der Waals surface area contributed by atoms with E-state index in [9.17, 15) is 0 Å². The fraction of sp³-hybridized carbons (Fsp3) is 1.00. The molecular formula is C8H16ClNO. The van der Waals surface area contributed by atoms with Gasteiger partial charge in [-0.05, 0) is 25.8 Å². The first-order valence-electron chi connectivity index (χ1n) is 4.32. The van der Waals surface area contributed by atoms with Gasteiger partial charge in [0.15, 0.2) is 0 Å². The lowest BCUT2D eigenvalue weighted by molar-refractivity contribution is 0.104. The fourth-order valence-electron chi connectivity index (χ4n) is 1.33. The number of ether oxygens (including phenoxy) is 1. The SMILES string of the molecule is ClCCNCCC1CCCO1. The van der Waals surface area contributed by atoms with Crippen LogP contribution in [0.3, 0.4) is 0 Å². The summed E-state index contributed by atoms with van der Waals surface area (Å²) < 4.78 is 5.46. The standard InChI is InChI=1S/C8H16ClNO/c9-4-6-10-5-3-8-2-1-7-11-8/h8,10H,1-7H2. The molecule has 0 amide bonds. The van der Waals surface area contributed by atoms with Gasteiger partial charge in [0.25, 0.3) is 0 Å². The molecule has 0 bridgehead atoms. The molecule has 1 atom stereocenters. The van der Waals surface area contributed by atoms with Crippen molar-refractivity contribution in [2.75, 3.05) is 25.6 Å². The summed E-state index contributed by atoms with van der Waals surface area (Å²) in [6, 6.07) is 0. The first kappa shape index (κ1) is 9.30. The van der Waals surface area contributed by atoms with Crippen LogP contribution in [-0.4, -0.2) is 31.7 Å². The number of hydrogen-bond acceptors (Lipinski definition) is 2. The largest absolute Gasteiger partial charge is 0.378 e. The average molecular weight is 178 g/mol. The third kappa shape index (κ3) is 3.94. The molecule has 0 spiro atoms. The second-order valence-electron chi connectivity index (χ2n) is 2.86. The smallest absolute Gasteiger partial charge is 0.0588 e. The van der Waals surface area contributed by atoms with Crippen molar-refractivity contribution < 1.29 is 4.74 Å². The monoisotopic (exact) mass is 177 g/mol. The van der Waals surface area contributed by atoms with Crippen LogP contribution in [0.5, 0.6) is 0 Å². The number of rotatable bonds is 5. The zero-order chi connectivity index (χ0) is 7.94. The van der Waals surface area contributed by atoms with E-state index in [0.717, 1.165) is 26.1 Å². The van der Waals surface area contributed by atoms with Crippen LogP contribution in [0.4, 0.5) is 0 Å². The van der Waals surface area contributed by atoms with Crippen molar-refractivity contribution in [3.8, 4) is 0 Å². The van der Waals surface area contributed by atoms with Crippen LogP contribution >= 0.6 is 11.6 Å². The van der Waals surface area contributed by atoms with Crippen molar-refractivity contribution >= 4 is 11.6 Å². The van der Waals surface area contributed by atoms with E-state index in [-0.39, 0.29) is 0 Å². The van der Waals surface area contributed by atoms with Crippen LogP contribution in [0.1, 0.15) is 19.3 Å². The zero-order valence-electron chi connectivity index (χ0n) is 6.81. The third-order valence-electron chi connectivity index (χ3n) is 1.94. The van der Waals surface area contributed by atoms with E-state index in [2.05, 4.69) is 5.32 Å². The molecule has 66 valence electrons. The quantitative estimate of drug-likeness (QED) is 0.506. The zero-order valence-corrected chi connectivity index (χ0v) is 7.57. The minimum Gasteiger partial charge on any atom is -0.378 e. The molecule has 3 heteroatoms. The molecule has 1 fully saturated rings.